The summed E-state index contributed by atoms with van der Waals surface area (Å²) in [5, 5.41) is 8.64. The first-order valence-electron chi connectivity index (χ1n) is 7.75. The maximum atomic E-state index is 4.72. The molecule has 1 unspecified atom stereocenters. The van der Waals surface area contributed by atoms with Gasteiger partial charge >= 0.3 is 0 Å². The van der Waals surface area contributed by atoms with Crippen molar-refractivity contribution in [3.05, 3.63) is 15.6 Å². The quantitative estimate of drug-likeness (QED) is 0.393. The Bertz CT molecular complexity index is 470. The van der Waals surface area contributed by atoms with Crippen LogP contribution in [0.3, 0.4) is 0 Å². The van der Waals surface area contributed by atoms with Crippen LogP contribution in [0, 0.1) is 13.8 Å². The molecule has 1 aliphatic heterocycles. The van der Waals surface area contributed by atoms with Gasteiger partial charge in [0.25, 0.3) is 0 Å². The highest BCUT2D eigenvalue weighted by molar-refractivity contribution is 14.0. The first kappa shape index (κ1) is 20.0. The van der Waals surface area contributed by atoms with Crippen LogP contribution in [0.2, 0.25) is 0 Å². The van der Waals surface area contributed by atoms with Crippen LogP contribution in [0.4, 0.5) is 0 Å². The molecule has 2 rings (SSSR count). The molecule has 22 heavy (non-hydrogen) atoms. The van der Waals surface area contributed by atoms with Gasteiger partial charge in [-0.2, -0.15) is 11.8 Å². The number of halogens is 1. The van der Waals surface area contributed by atoms with E-state index in [1.807, 2.05) is 0 Å². The molecule has 1 aliphatic rings. The summed E-state index contributed by atoms with van der Waals surface area (Å²) in [6.45, 7) is 9.01. The van der Waals surface area contributed by atoms with Gasteiger partial charge in [0.2, 0.25) is 0 Å². The molecule has 4 nitrogen and oxygen atoms in total. The Kier molecular flexibility index (Phi) is 9.74. The molecule has 1 saturated heterocycles. The number of hydrogen-bond donors (Lipinski definition) is 2. The van der Waals surface area contributed by atoms with Crippen molar-refractivity contribution in [1.82, 2.24) is 15.6 Å². The highest BCUT2D eigenvalue weighted by atomic mass is 127. The number of aromatic nitrogens is 1. The topological polar surface area (TPSA) is 49.3 Å². The molecule has 2 N–H and O–H groups in total. The van der Waals surface area contributed by atoms with Crippen LogP contribution in [0.5, 0.6) is 0 Å². The average molecular weight is 454 g/mol. The van der Waals surface area contributed by atoms with E-state index < -0.39 is 0 Å². The van der Waals surface area contributed by atoms with E-state index in [1.54, 1.807) is 11.3 Å². The van der Waals surface area contributed by atoms with Gasteiger partial charge in [0.05, 0.1) is 17.2 Å². The number of guanidine groups is 1. The molecule has 0 aromatic carbocycles. The molecule has 7 heteroatoms. The smallest absolute Gasteiger partial charge is 0.191 e. The molecule has 0 saturated carbocycles. The van der Waals surface area contributed by atoms with Crippen molar-refractivity contribution < 1.29 is 0 Å². The fourth-order valence-electron chi connectivity index (χ4n) is 2.42. The molecule has 1 aromatic rings. The van der Waals surface area contributed by atoms with Gasteiger partial charge in [0.15, 0.2) is 5.96 Å². The lowest BCUT2D eigenvalue weighted by atomic mass is 10.2. The van der Waals surface area contributed by atoms with Gasteiger partial charge in [-0.15, -0.1) is 35.3 Å². The highest BCUT2D eigenvalue weighted by Gasteiger charge is 2.15. The number of nitrogens with one attached hydrogen (secondary N) is 2. The number of hydrogen-bond acceptors (Lipinski definition) is 4. The minimum absolute atomic E-state index is 0. The van der Waals surface area contributed by atoms with Crippen LogP contribution >= 0.6 is 47.1 Å². The van der Waals surface area contributed by atoms with E-state index in [9.17, 15) is 0 Å². The van der Waals surface area contributed by atoms with Crippen molar-refractivity contribution >= 4 is 53.0 Å². The third kappa shape index (κ3) is 6.62. The summed E-state index contributed by atoms with van der Waals surface area (Å²) in [5.74, 6) is 2.25. The Labute approximate surface area is 159 Å². The monoisotopic (exact) mass is 454 g/mol. The SMILES string of the molecule is CCNC(=NCC1CCCS1)NCCc1sc(C)nc1C.I. The normalized spacial score (nSPS) is 18.1. The van der Waals surface area contributed by atoms with E-state index in [2.05, 4.69) is 48.2 Å². The van der Waals surface area contributed by atoms with Crippen molar-refractivity contribution in [3.8, 4) is 0 Å². The fourth-order valence-corrected chi connectivity index (χ4v) is 4.54. The number of nitrogens with zero attached hydrogens (tertiary/aromatic N) is 2. The predicted octanol–water partition coefficient (Wildman–Crippen LogP) is 3.37. The van der Waals surface area contributed by atoms with Crippen LogP contribution in [0.15, 0.2) is 4.99 Å². The Morgan fingerprint density at radius 1 is 1.36 bits per heavy atom. The first-order valence-corrected chi connectivity index (χ1v) is 9.62. The zero-order chi connectivity index (χ0) is 15.1. The molecule has 126 valence electrons. The molecule has 0 aliphatic carbocycles. The molecule has 1 fully saturated rings. The Balaban J connectivity index is 0.00000242. The van der Waals surface area contributed by atoms with Gasteiger partial charge in [-0.1, -0.05) is 0 Å². The summed E-state index contributed by atoms with van der Waals surface area (Å²) in [7, 11) is 0. The summed E-state index contributed by atoms with van der Waals surface area (Å²) < 4.78 is 0. The highest BCUT2D eigenvalue weighted by Crippen LogP contribution is 2.26. The van der Waals surface area contributed by atoms with Crippen LogP contribution in [-0.2, 0) is 6.42 Å². The summed E-state index contributed by atoms with van der Waals surface area (Å²) in [6.07, 6.45) is 3.67. The van der Waals surface area contributed by atoms with E-state index in [-0.39, 0.29) is 24.0 Å². The van der Waals surface area contributed by atoms with E-state index >= 15 is 0 Å². The summed E-state index contributed by atoms with van der Waals surface area (Å²) in [6, 6.07) is 0. The maximum absolute atomic E-state index is 4.72. The molecule has 0 amide bonds. The maximum Gasteiger partial charge on any atom is 0.191 e. The van der Waals surface area contributed by atoms with Crippen molar-refractivity contribution in [2.24, 2.45) is 4.99 Å². The van der Waals surface area contributed by atoms with Crippen molar-refractivity contribution in [1.29, 1.82) is 0 Å². The Hall–Kier alpha value is -0.0200. The molecule has 0 bridgehead atoms. The van der Waals surface area contributed by atoms with Crippen LogP contribution in [0.1, 0.15) is 35.3 Å². The molecule has 1 aromatic heterocycles. The fraction of sp³-hybridized carbons (Fsp3) is 0.733. The van der Waals surface area contributed by atoms with Gasteiger partial charge in [-0.05, 0) is 39.4 Å². The predicted molar refractivity (Wildman–Crippen MR) is 110 cm³/mol. The summed E-state index contributed by atoms with van der Waals surface area (Å²) >= 11 is 3.86. The Morgan fingerprint density at radius 2 is 2.18 bits per heavy atom. The molecule has 0 radical (unpaired) electrons. The summed E-state index contributed by atoms with van der Waals surface area (Å²) in [4.78, 5) is 10.6. The van der Waals surface area contributed by atoms with Gasteiger partial charge in [0, 0.05) is 29.6 Å². The van der Waals surface area contributed by atoms with E-state index in [4.69, 9.17) is 4.99 Å². The number of thioether (sulfide) groups is 1. The lowest BCUT2D eigenvalue weighted by molar-refractivity contribution is 0.761. The largest absolute Gasteiger partial charge is 0.357 e. The number of rotatable bonds is 6. The second-order valence-corrected chi connectivity index (χ2v) is 7.97. The Morgan fingerprint density at radius 3 is 2.77 bits per heavy atom. The van der Waals surface area contributed by atoms with Gasteiger partial charge in [-0.25, -0.2) is 4.98 Å². The van der Waals surface area contributed by atoms with Gasteiger partial charge in [0.1, 0.15) is 0 Å². The minimum atomic E-state index is 0. The van der Waals surface area contributed by atoms with Crippen molar-refractivity contribution in [3.63, 3.8) is 0 Å². The number of thiazole rings is 1. The zero-order valence-electron chi connectivity index (χ0n) is 13.6. The third-order valence-corrected chi connectivity index (χ3v) is 5.98. The molecular formula is C15H27IN4S2. The number of aliphatic imine (C=N–C) groups is 1. The third-order valence-electron chi connectivity index (χ3n) is 3.47. The second kappa shape index (κ2) is 10.7. The first-order chi connectivity index (χ1) is 10.2. The van der Waals surface area contributed by atoms with Crippen LogP contribution < -0.4 is 10.6 Å². The van der Waals surface area contributed by atoms with Gasteiger partial charge in [-0.3, -0.25) is 4.99 Å². The summed E-state index contributed by atoms with van der Waals surface area (Å²) in [5.41, 5.74) is 1.17. The van der Waals surface area contributed by atoms with Crippen molar-refractivity contribution in [2.45, 2.75) is 45.3 Å². The second-order valence-electron chi connectivity index (χ2n) is 5.27. The lowest BCUT2D eigenvalue weighted by Crippen LogP contribution is -2.38. The molecule has 0 spiro atoms. The van der Waals surface area contributed by atoms with Crippen LogP contribution in [-0.4, -0.2) is 41.6 Å². The minimum Gasteiger partial charge on any atom is -0.357 e. The van der Waals surface area contributed by atoms with Crippen molar-refractivity contribution in [2.75, 3.05) is 25.4 Å². The molecular weight excluding hydrogens is 427 g/mol. The van der Waals surface area contributed by atoms with E-state index in [1.165, 1.54) is 29.2 Å². The van der Waals surface area contributed by atoms with E-state index in [0.29, 0.717) is 5.25 Å². The van der Waals surface area contributed by atoms with Crippen LogP contribution in [0.25, 0.3) is 0 Å². The van der Waals surface area contributed by atoms with E-state index in [0.717, 1.165) is 37.0 Å². The average Bonchev–Trinajstić information content (AvgIpc) is 3.06. The molecule has 2 heterocycles. The molecule has 1 atom stereocenters. The lowest BCUT2D eigenvalue weighted by Gasteiger charge is -2.12. The van der Waals surface area contributed by atoms with Gasteiger partial charge < -0.3 is 10.6 Å². The zero-order valence-corrected chi connectivity index (χ0v) is 17.6. The standard InChI is InChI=1S/C15H26N4S2.HI/c1-4-16-15(18-10-13-6-5-9-20-13)17-8-7-14-11(2)19-12(3)21-14;/h13H,4-10H2,1-3H3,(H2,16,17,18);1H. The number of aryl methyl sites for hydroxylation is 2.